The Balaban J connectivity index is 2.46. The van der Waals surface area contributed by atoms with E-state index in [-0.39, 0.29) is 17.8 Å². The summed E-state index contributed by atoms with van der Waals surface area (Å²) in [4.78, 5) is 10.9. The Bertz CT molecular complexity index is 317. The van der Waals surface area contributed by atoms with Crippen molar-refractivity contribution in [2.24, 2.45) is 0 Å². The van der Waals surface area contributed by atoms with Gasteiger partial charge in [-0.3, -0.25) is 4.79 Å². The molecular weight excluding hydrogens is 228 g/mol. The first-order chi connectivity index (χ1) is 6.43. The summed E-state index contributed by atoms with van der Waals surface area (Å²) < 4.78 is 23.6. The molecule has 1 aliphatic heterocycles. The van der Waals surface area contributed by atoms with Crippen LogP contribution in [0.25, 0.3) is 0 Å². The van der Waals surface area contributed by atoms with E-state index in [0.717, 1.165) is 0 Å². The molecule has 0 saturated carbocycles. The average Bonchev–Trinajstić information content (AvgIpc) is 2.51. The number of nitrogens with one attached hydrogen (secondary N) is 1. The van der Waals surface area contributed by atoms with Gasteiger partial charge in [0.05, 0.1) is 6.26 Å². The Kier molecular flexibility index (Phi) is 3.74. The minimum absolute atomic E-state index is 0.0879. The van der Waals surface area contributed by atoms with Crippen LogP contribution in [0.4, 0.5) is 0 Å². The maximum Gasteiger partial charge on any atom is 0.235 e. The summed E-state index contributed by atoms with van der Waals surface area (Å²) in [5, 5.41) is 2.65. The number of hydrogen-bond acceptors (Lipinski definition) is 3. The number of amides is 1. The maximum absolute atomic E-state index is 11.1. The third-order valence-corrected chi connectivity index (χ3v) is 3.62. The van der Waals surface area contributed by atoms with E-state index in [2.05, 4.69) is 5.32 Å². The van der Waals surface area contributed by atoms with Crippen molar-refractivity contribution >= 4 is 27.5 Å². The first-order valence-corrected chi connectivity index (χ1v) is 6.62. The van der Waals surface area contributed by atoms with Crippen LogP contribution in [0.3, 0.4) is 0 Å². The Labute approximate surface area is 88.5 Å². The van der Waals surface area contributed by atoms with Gasteiger partial charge in [0.1, 0.15) is 5.88 Å². The summed E-state index contributed by atoms with van der Waals surface area (Å²) in [6.07, 6.45) is 1.81. The van der Waals surface area contributed by atoms with Crippen LogP contribution in [0.5, 0.6) is 0 Å². The Morgan fingerprint density at radius 1 is 1.64 bits per heavy atom. The van der Waals surface area contributed by atoms with Crippen LogP contribution in [0, 0.1) is 0 Å². The summed E-state index contributed by atoms with van der Waals surface area (Å²) in [6, 6.07) is -0.101. The van der Waals surface area contributed by atoms with Crippen molar-refractivity contribution in [3.8, 4) is 0 Å². The number of halogens is 1. The van der Waals surface area contributed by atoms with Crippen molar-refractivity contribution in [2.45, 2.75) is 12.5 Å². The zero-order valence-electron chi connectivity index (χ0n) is 7.86. The second-order valence-electron chi connectivity index (χ2n) is 3.31. The number of alkyl halides is 1. The average molecular weight is 241 g/mol. The highest BCUT2D eigenvalue weighted by atomic mass is 35.5. The molecule has 1 rings (SSSR count). The number of sulfonamides is 1. The largest absolute Gasteiger partial charge is 0.351 e. The zero-order valence-corrected chi connectivity index (χ0v) is 9.44. The molecule has 0 aliphatic carbocycles. The van der Waals surface area contributed by atoms with Crippen LogP contribution in [-0.4, -0.2) is 49.9 Å². The lowest BCUT2D eigenvalue weighted by molar-refractivity contribution is -0.119. The van der Waals surface area contributed by atoms with Crippen molar-refractivity contribution in [1.82, 2.24) is 9.62 Å². The van der Waals surface area contributed by atoms with E-state index in [9.17, 15) is 13.2 Å². The van der Waals surface area contributed by atoms with Gasteiger partial charge >= 0.3 is 0 Å². The fraction of sp³-hybridized carbons (Fsp3) is 0.857. The second-order valence-corrected chi connectivity index (χ2v) is 5.56. The van der Waals surface area contributed by atoms with E-state index >= 15 is 0 Å². The number of rotatable bonds is 3. The molecule has 1 atom stereocenters. The SMILES string of the molecule is CS(=O)(=O)N1CCC(NC(=O)CCl)C1. The van der Waals surface area contributed by atoms with Crippen LogP contribution >= 0.6 is 11.6 Å². The molecule has 14 heavy (non-hydrogen) atoms. The van der Waals surface area contributed by atoms with Crippen LogP contribution < -0.4 is 5.32 Å². The molecule has 1 saturated heterocycles. The smallest absolute Gasteiger partial charge is 0.235 e. The van der Waals surface area contributed by atoms with E-state index in [4.69, 9.17) is 11.6 Å². The van der Waals surface area contributed by atoms with Crippen molar-refractivity contribution in [1.29, 1.82) is 0 Å². The van der Waals surface area contributed by atoms with Crippen molar-refractivity contribution in [2.75, 3.05) is 25.2 Å². The van der Waals surface area contributed by atoms with E-state index in [0.29, 0.717) is 19.5 Å². The Morgan fingerprint density at radius 3 is 2.71 bits per heavy atom. The van der Waals surface area contributed by atoms with Gasteiger partial charge in [-0.05, 0) is 6.42 Å². The molecule has 5 nitrogen and oxygen atoms in total. The Hall–Kier alpha value is -0.330. The molecule has 1 aliphatic rings. The van der Waals surface area contributed by atoms with E-state index < -0.39 is 10.0 Å². The number of nitrogens with zero attached hydrogens (tertiary/aromatic N) is 1. The van der Waals surface area contributed by atoms with Crippen LogP contribution in [0.1, 0.15) is 6.42 Å². The number of carbonyl (C=O) groups excluding carboxylic acids is 1. The lowest BCUT2D eigenvalue weighted by Crippen LogP contribution is -2.38. The minimum Gasteiger partial charge on any atom is -0.351 e. The number of carbonyl (C=O) groups is 1. The molecule has 1 heterocycles. The fourth-order valence-electron chi connectivity index (χ4n) is 1.41. The molecule has 1 fully saturated rings. The van der Waals surface area contributed by atoms with E-state index in [1.54, 1.807) is 0 Å². The van der Waals surface area contributed by atoms with Gasteiger partial charge in [-0.15, -0.1) is 11.6 Å². The molecule has 1 N–H and O–H groups in total. The van der Waals surface area contributed by atoms with Gasteiger partial charge in [0, 0.05) is 19.1 Å². The molecule has 7 heteroatoms. The first-order valence-electron chi connectivity index (χ1n) is 4.24. The molecule has 0 aromatic heterocycles. The molecule has 1 unspecified atom stereocenters. The van der Waals surface area contributed by atoms with Gasteiger partial charge in [-0.2, -0.15) is 0 Å². The highest BCUT2D eigenvalue weighted by Crippen LogP contribution is 2.12. The van der Waals surface area contributed by atoms with Gasteiger partial charge in [0.25, 0.3) is 0 Å². The van der Waals surface area contributed by atoms with Crippen LogP contribution in [0.15, 0.2) is 0 Å². The summed E-state index contributed by atoms with van der Waals surface area (Å²) in [5.74, 6) is -0.345. The maximum atomic E-state index is 11.1. The molecule has 0 bridgehead atoms. The molecular formula is C7H13ClN2O3S. The Morgan fingerprint density at radius 2 is 2.29 bits per heavy atom. The van der Waals surface area contributed by atoms with Crippen LogP contribution in [0.2, 0.25) is 0 Å². The third-order valence-electron chi connectivity index (χ3n) is 2.11. The normalized spacial score (nSPS) is 23.7. The van der Waals surface area contributed by atoms with Gasteiger partial charge in [-0.1, -0.05) is 0 Å². The van der Waals surface area contributed by atoms with Gasteiger partial charge in [0.2, 0.25) is 15.9 Å². The topological polar surface area (TPSA) is 66.5 Å². The molecule has 0 spiro atoms. The highest BCUT2D eigenvalue weighted by Gasteiger charge is 2.28. The summed E-state index contributed by atoms with van der Waals surface area (Å²) >= 11 is 5.31. The third kappa shape index (κ3) is 3.11. The lowest BCUT2D eigenvalue weighted by atomic mass is 10.3. The van der Waals surface area contributed by atoms with E-state index in [1.807, 2.05) is 0 Å². The number of hydrogen-bond donors (Lipinski definition) is 1. The van der Waals surface area contributed by atoms with Crippen LogP contribution in [-0.2, 0) is 14.8 Å². The summed E-state index contributed by atoms with van der Waals surface area (Å²) in [5.41, 5.74) is 0. The minimum atomic E-state index is -3.13. The summed E-state index contributed by atoms with van der Waals surface area (Å²) in [6.45, 7) is 0.813. The molecule has 0 radical (unpaired) electrons. The first kappa shape index (κ1) is 11.7. The fourth-order valence-corrected chi connectivity index (χ4v) is 2.38. The molecule has 82 valence electrons. The van der Waals surface area contributed by atoms with Crippen molar-refractivity contribution < 1.29 is 13.2 Å². The van der Waals surface area contributed by atoms with E-state index in [1.165, 1.54) is 10.6 Å². The molecule has 0 aromatic rings. The second kappa shape index (κ2) is 4.46. The highest BCUT2D eigenvalue weighted by molar-refractivity contribution is 7.88. The lowest BCUT2D eigenvalue weighted by Gasteiger charge is -2.13. The predicted octanol–water partition coefficient (Wildman–Crippen LogP) is -0.625. The monoisotopic (exact) mass is 240 g/mol. The van der Waals surface area contributed by atoms with Gasteiger partial charge < -0.3 is 5.32 Å². The zero-order chi connectivity index (χ0) is 10.8. The summed E-state index contributed by atoms with van der Waals surface area (Å²) in [7, 11) is -3.13. The molecule has 1 amide bonds. The van der Waals surface area contributed by atoms with Gasteiger partial charge in [-0.25, -0.2) is 12.7 Å². The van der Waals surface area contributed by atoms with Gasteiger partial charge in [0.15, 0.2) is 0 Å². The standard InChI is InChI=1S/C7H13ClN2O3S/c1-14(12,13)10-3-2-6(5-10)9-7(11)4-8/h6H,2-5H2,1H3,(H,9,11). The van der Waals surface area contributed by atoms with Crippen molar-refractivity contribution in [3.63, 3.8) is 0 Å². The van der Waals surface area contributed by atoms with Crippen molar-refractivity contribution in [3.05, 3.63) is 0 Å². The molecule has 0 aromatic carbocycles. The predicted molar refractivity (Wildman–Crippen MR) is 53.7 cm³/mol. The quantitative estimate of drug-likeness (QED) is 0.669.